The maximum absolute atomic E-state index is 12.8. The summed E-state index contributed by atoms with van der Waals surface area (Å²) in [5.74, 6) is -0.619. The number of nitrogens with two attached hydrogens (primary N) is 1. The number of primary amides is 1. The Labute approximate surface area is 195 Å². The Hall–Kier alpha value is -2.87. The van der Waals surface area contributed by atoms with Crippen molar-refractivity contribution < 1.29 is 9.59 Å². The Bertz CT molecular complexity index is 1030. The maximum Gasteiger partial charge on any atom is 0.344 e. The van der Waals surface area contributed by atoms with E-state index in [1.807, 2.05) is 4.90 Å². The van der Waals surface area contributed by atoms with Gasteiger partial charge in [0, 0.05) is 51.2 Å². The summed E-state index contributed by atoms with van der Waals surface area (Å²) < 4.78 is 1.23. The van der Waals surface area contributed by atoms with Crippen LogP contribution in [0.4, 0.5) is 10.5 Å². The first-order chi connectivity index (χ1) is 15.9. The Morgan fingerprint density at radius 1 is 1.03 bits per heavy atom. The molecule has 1 spiro atoms. The monoisotopic (exact) mass is 450 g/mol. The lowest BCUT2D eigenvalue weighted by Gasteiger charge is -2.39. The van der Waals surface area contributed by atoms with Gasteiger partial charge in [0.1, 0.15) is 0 Å². The van der Waals surface area contributed by atoms with Crippen molar-refractivity contribution in [2.24, 2.45) is 11.1 Å². The first kappa shape index (κ1) is 21.9. The van der Waals surface area contributed by atoms with Crippen LogP contribution in [0.15, 0.2) is 30.5 Å². The lowest BCUT2D eigenvalue weighted by molar-refractivity contribution is 0.0994. The van der Waals surface area contributed by atoms with Crippen molar-refractivity contribution in [1.82, 2.24) is 19.6 Å². The van der Waals surface area contributed by atoms with Gasteiger partial charge in [0.2, 0.25) is 0 Å². The minimum Gasteiger partial charge on any atom is -0.372 e. The highest BCUT2D eigenvalue weighted by Gasteiger charge is 2.41. The van der Waals surface area contributed by atoms with Crippen LogP contribution < -0.4 is 10.6 Å². The summed E-state index contributed by atoms with van der Waals surface area (Å²) in [7, 11) is 0. The molecular formula is C25H34N6O2. The second-order valence-electron chi connectivity index (χ2n) is 10.0. The van der Waals surface area contributed by atoms with Crippen molar-refractivity contribution >= 4 is 17.6 Å². The van der Waals surface area contributed by atoms with Gasteiger partial charge in [-0.2, -0.15) is 9.78 Å². The Balaban J connectivity index is 1.16. The Morgan fingerprint density at radius 3 is 2.42 bits per heavy atom. The molecule has 33 heavy (non-hydrogen) atoms. The van der Waals surface area contributed by atoms with Gasteiger partial charge < -0.3 is 15.5 Å². The number of nitrogens with zero attached hydrogens (tertiary/aromatic N) is 5. The molecule has 1 aromatic carbocycles. The molecule has 2 N–H and O–H groups in total. The molecular weight excluding hydrogens is 416 g/mol. The zero-order valence-corrected chi connectivity index (χ0v) is 19.5. The van der Waals surface area contributed by atoms with Gasteiger partial charge in [-0.1, -0.05) is 6.07 Å². The molecule has 3 fully saturated rings. The lowest BCUT2D eigenvalue weighted by Crippen LogP contribution is -2.45. The highest BCUT2D eigenvalue weighted by molar-refractivity contribution is 5.91. The predicted molar refractivity (Wildman–Crippen MR) is 127 cm³/mol. The lowest BCUT2D eigenvalue weighted by atomic mass is 9.78. The number of likely N-dealkylation sites (tertiary alicyclic amines) is 2. The van der Waals surface area contributed by atoms with E-state index >= 15 is 0 Å². The zero-order valence-electron chi connectivity index (χ0n) is 19.5. The molecule has 0 radical (unpaired) electrons. The number of aromatic nitrogens is 2. The zero-order chi connectivity index (χ0) is 23.0. The molecule has 8 heteroatoms. The van der Waals surface area contributed by atoms with Crippen molar-refractivity contribution in [3.05, 3.63) is 47.3 Å². The standard InChI is InChI=1S/C25H34N6O2/c1-19-16-21(29-10-2-3-11-29)5-4-20(19)17-28-13-7-25(18-28)8-14-30(15-9-25)24(33)31-12-6-22(27-31)23(26)32/h4-6,12,16H,2-3,7-11,13-15,17-18H2,1H3,(H2,26,32). The fourth-order valence-corrected chi connectivity index (χ4v) is 5.72. The molecule has 2 aromatic rings. The normalized spacial score (nSPS) is 20.6. The average Bonchev–Trinajstić information content (AvgIpc) is 3.57. The van der Waals surface area contributed by atoms with E-state index in [4.69, 9.17) is 5.73 Å². The molecule has 0 bridgehead atoms. The van der Waals surface area contributed by atoms with Crippen LogP contribution in [0.1, 0.15) is 53.7 Å². The number of aryl methyl sites for hydroxylation is 1. The molecule has 3 saturated heterocycles. The largest absolute Gasteiger partial charge is 0.372 e. The van der Waals surface area contributed by atoms with Gasteiger partial charge in [0.05, 0.1) is 0 Å². The number of rotatable bonds is 4. The Morgan fingerprint density at radius 2 is 1.76 bits per heavy atom. The molecule has 5 rings (SSSR count). The number of amides is 2. The molecule has 1 aromatic heterocycles. The third kappa shape index (κ3) is 4.49. The minimum atomic E-state index is -0.619. The number of carbonyl (C=O) groups is 2. The SMILES string of the molecule is Cc1cc(N2CCCC2)ccc1CN1CCC2(CCN(C(=O)n3ccc(C(N)=O)n3)CC2)C1. The summed E-state index contributed by atoms with van der Waals surface area (Å²) in [6.07, 6.45) is 7.32. The smallest absolute Gasteiger partial charge is 0.344 e. The summed E-state index contributed by atoms with van der Waals surface area (Å²) in [5.41, 5.74) is 9.83. The van der Waals surface area contributed by atoms with Gasteiger partial charge in [-0.3, -0.25) is 9.69 Å². The fraction of sp³-hybridized carbons (Fsp3) is 0.560. The maximum atomic E-state index is 12.8. The number of benzene rings is 1. The van der Waals surface area contributed by atoms with Crippen LogP contribution in [-0.4, -0.2) is 70.8 Å². The summed E-state index contributed by atoms with van der Waals surface area (Å²) in [5, 5.41) is 4.01. The number of hydrogen-bond acceptors (Lipinski definition) is 5. The van der Waals surface area contributed by atoms with Gasteiger partial charge >= 0.3 is 6.03 Å². The molecule has 0 saturated carbocycles. The van der Waals surface area contributed by atoms with E-state index < -0.39 is 5.91 Å². The van der Waals surface area contributed by atoms with E-state index in [2.05, 4.69) is 40.0 Å². The third-order valence-electron chi connectivity index (χ3n) is 7.84. The van der Waals surface area contributed by atoms with Crippen molar-refractivity contribution in [2.75, 3.05) is 44.2 Å². The van der Waals surface area contributed by atoms with Crippen molar-refractivity contribution in [2.45, 2.75) is 45.6 Å². The topological polar surface area (TPSA) is 87.7 Å². The van der Waals surface area contributed by atoms with Gasteiger partial charge in [-0.05, 0) is 80.3 Å². The van der Waals surface area contributed by atoms with E-state index in [-0.39, 0.29) is 11.7 Å². The van der Waals surface area contributed by atoms with Crippen LogP contribution in [0.5, 0.6) is 0 Å². The van der Waals surface area contributed by atoms with Gasteiger partial charge in [-0.15, -0.1) is 0 Å². The molecule has 0 unspecified atom stereocenters. The second kappa shape index (κ2) is 8.82. The highest BCUT2D eigenvalue weighted by Crippen LogP contribution is 2.41. The van der Waals surface area contributed by atoms with Crippen molar-refractivity contribution in [3.8, 4) is 0 Å². The van der Waals surface area contributed by atoms with Crippen LogP contribution in [0.2, 0.25) is 0 Å². The Kier molecular flexibility index (Phi) is 5.86. The van der Waals surface area contributed by atoms with Crippen molar-refractivity contribution in [3.63, 3.8) is 0 Å². The summed E-state index contributed by atoms with van der Waals surface area (Å²) >= 11 is 0. The van der Waals surface area contributed by atoms with Crippen LogP contribution in [0.25, 0.3) is 0 Å². The number of anilines is 1. The van der Waals surface area contributed by atoms with E-state index in [0.29, 0.717) is 5.41 Å². The number of carbonyl (C=O) groups excluding carboxylic acids is 2. The molecule has 3 aliphatic rings. The van der Waals surface area contributed by atoms with Gasteiger partial charge in [0.15, 0.2) is 5.69 Å². The molecule has 0 atom stereocenters. The molecule has 8 nitrogen and oxygen atoms in total. The van der Waals surface area contributed by atoms with E-state index in [9.17, 15) is 9.59 Å². The van der Waals surface area contributed by atoms with Crippen LogP contribution >= 0.6 is 0 Å². The summed E-state index contributed by atoms with van der Waals surface area (Å²) in [6, 6.07) is 8.28. The highest BCUT2D eigenvalue weighted by atomic mass is 16.2. The number of piperidine rings is 1. The first-order valence-corrected chi connectivity index (χ1v) is 12.1. The average molecular weight is 451 g/mol. The molecule has 176 valence electrons. The van der Waals surface area contributed by atoms with Crippen molar-refractivity contribution in [1.29, 1.82) is 0 Å². The fourth-order valence-electron chi connectivity index (χ4n) is 5.72. The molecule has 4 heterocycles. The quantitative estimate of drug-likeness (QED) is 0.774. The minimum absolute atomic E-state index is 0.118. The number of hydrogen-bond donors (Lipinski definition) is 1. The third-order valence-corrected chi connectivity index (χ3v) is 7.84. The second-order valence-corrected chi connectivity index (χ2v) is 10.0. The molecule has 3 aliphatic heterocycles. The first-order valence-electron chi connectivity index (χ1n) is 12.1. The van der Waals surface area contributed by atoms with Gasteiger partial charge in [-0.25, -0.2) is 4.79 Å². The van der Waals surface area contributed by atoms with E-state index in [1.165, 1.54) is 66.1 Å². The summed E-state index contributed by atoms with van der Waals surface area (Å²) in [4.78, 5) is 30.9. The van der Waals surface area contributed by atoms with E-state index in [1.54, 1.807) is 0 Å². The van der Waals surface area contributed by atoms with Gasteiger partial charge in [0.25, 0.3) is 5.91 Å². The molecule has 0 aliphatic carbocycles. The molecule has 2 amide bonds. The summed E-state index contributed by atoms with van der Waals surface area (Å²) in [6.45, 7) is 9.26. The van der Waals surface area contributed by atoms with Crippen LogP contribution in [0.3, 0.4) is 0 Å². The van der Waals surface area contributed by atoms with Crippen LogP contribution in [0, 0.1) is 12.3 Å². The predicted octanol–water partition coefficient (Wildman–Crippen LogP) is 2.85. The van der Waals surface area contributed by atoms with Crippen LogP contribution in [-0.2, 0) is 6.54 Å². The van der Waals surface area contributed by atoms with E-state index in [0.717, 1.165) is 45.6 Å².